The van der Waals surface area contributed by atoms with Crippen molar-refractivity contribution in [3.63, 3.8) is 0 Å². The first-order valence-electron chi connectivity index (χ1n) is 8.47. The highest BCUT2D eigenvalue weighted by Crippen LogP contribution is 2.21. The minimum atomic E-state index is -0.654. The standard InChI is InChI=1S/C21H23NO3.ClH/c23-13-12-22(19-8-2-1-3-9-19)15-20(24)16-25-21-11-10-17-6-4-5-7-18(17)14-21;/h1-11,14,20,23-24H,12-13,15-16H2;1H. The van der Waals surface area contributed by atoms with E-state index in [1.54, 1.807) is 0 Å². The Labute approximate surface area is 160 Å². The van der Waals surface area contributed by atoms with E-state index in [1.807, 2.05) is 71.6 Å². The Balaban J connectivity index is 0.00000243. The third-order valence-electron chi connectivity index (χ3n) is 4.09. The lowest BCUT2D eigenvalue weighted by atomic mass is 10.1. The van der Waals surface area contributed by atoms with Crippen LogP contribution in [0, 0.1) is 0 Å². The van der Waals surface area contributed by atoms with Gasteiger partial charge in [-0.25, -0.2) is 0 Å². The van der Waals surface area contributed by atoms with Gasteiger partial charge in [0.05, 0.1) is 6.61 Å². The largest absolute Gasteiger partial charge is 0.491 e. The normalized spacial score (nSPS) is 11.6. The van der Waals surface area contributed by atoms with E-state index in [0.29, 0.717) is 13.1 Å². The lowest BCUT2D eigenvalue weighted by Crippen LogP contribution is -2.37. The lowest BCUT2D eigenvalue weighted by Gasteiger charge is -2.26. The average Bonchev–Trinajstić information content (AvgIpc) is 2.66. The van der Waals surface area contributed by atoms with Crippen molar-refractivity contribution in [3.05, 3.63) is 72.8 Å². The molecule has 1 atom stereocenters. The van der Waals surface area contributed by atoms with Gasteiger partial charge in [-0.1, -0.05) is 48.5 Å². The summed E-state index contributed by atoms with van der Waals surface area (Å²) in [6, 6.07) is 23.8. The molecule has 3 rings (SSSR count). The molecule has 0 spiro atoms. The van der Waals surface area contributed by atoms with Crippen LogP contribution in [-0.4, -0.2) is 42.6 Å². The van der Waals surface area contributed by atoms with Gasteiger partial charge in [-0.05, 0) is 35.0 Å². The summed E-state index contributed by atoms with van der Waals surface area (Å²) in [6.07, 6.45) is -0.654. The average molecular weight is 374 g/mol. The second kappa shape index (κ2) is 10.0. The smallest absolute Gasteiger partial charge is 0.120 e. The first-order chi connectivity index (χ1) is 12.3. The number of rotatable bonds is 8. The van der Waals surface area contributed by atoms with Gasteiger partial charge >= 0.3 is 0 Å². The van der Waals surface area contributed by atoms with Crippen LogP contribution in [0.1, 0.15) is 0 Å². The summed E-state index contributed by atoms with van der Waals surface area (Å²) in [7, 11) is 0. The molecule has 2 N–H and O–H groups in total. The van der Waals surface area contributed by atoms with Gasteiger partial charge in [0.25, 0.3) is 0 Å². The minimum absolute atomic E-state index is 0. The molecule has 5 heteroatoms. The molecule has 0 aromatic heterocycles. The van der Waals surface area contributed by atoms with Gasteiger partial charge in [-0.3, -0.25) is 0 Å². The quantitative estimate of drug-likeness (QED) is 0.634. The van der Waals surface area contributed by atoms with E-state index in [9.17, 15) is 10.2 Å². The van der Waals surface area contributed by atoms with Crippen molar-refractivity contribution in [3.8, 4) is 5.75 Å². The number of aliphatic hydroxyl groups excluding tert-OH is 2. The summed E-state index contributed by atoms with van der Waals surface area (Å²) in [6.45, 7) is 1.11. The summed E-state index contributed by atoms with van der Waals surface area (Å²) >= 11 is 0. The van der Waals surface area contributed by atoms with E-state index in [4.69, 9.17) is 4.74 Å². The van der Waals surface area contributed by atoms with E-state index in [0.717, 1.165) is 22.2 Å². The van der Waals surface area contributed by atoms with Crippen LogP contribution in [-0.2, 0) is 0 Å². The predicted octanol–water partition coefficient (Wildman–Crippen LogP) is 3.50. The highest BCUT2D eigenvalue weighted by Gasteiger charge is 2.13. The number of hydrogen-bond donors (Lipinski definition) is 2. The monoisotopic (exact) mass is 373 g/mol. The fourth-order valence-electron chi connectivity index (χ4n) is 2.84. The lowest BCUT2D eigenvalue weighted by molar-refractivity contribution is 0.111. The number of ether oxygens (including phenoxy) is 1. The first kappa shape index (κ1) is 20.0. The summed E-state index contributed by atoms with van der Waals surface area (Å²) in [5.41, 5.74) is 0.973. The fourth-order valence-corrected chi connectivity index (χ4v) is 2.84. The number of fused-ring (bicyclic) bond motifs is 1. The van der Waals surface area contributed by atoms with Gasteiger partial charge in [0.15, 0.2) is 0 Å². The third-order valence-corrected chi connectivity index (χ3v) is 4.09. The summed E-state index contributed by atoms with van der Waals surface area (Å²) in [5, 5.41) is 21.9. The predicted molar refractivity (Wildman–Crippen MR) is 108 cm³/mol. The maximum atomic E-state index is 10.3. The number of para-hydroxylation sites is 1. The zero-order valence-corrected chi connectivity index (χ0v) is 15.3. The van der Waals surface area contributed by atoms with Crippen molar-refractivity contribution in [1.29, 1.82) is 0 Å². The molecule has 0 saturated carbocycles. The molecule has 0 aliphatic heterocycles. The van der Waals surface area contributed by atoms with Gasteiger partial charge in [-0.2, -0.15) is 0 Å². The zero-order chi connectivity index (χ0) is 17.5. The van der Waals surface area contributed by atoms with Crippen LogP contribution in [0.25, 0.3) is 10.8 Å². The number of benzene rings is 3. The van der Waals surface area contributed by atoms with E-state index in [1.165, 1.54) is 0 Å². The van der Waals surface area contributed by atoms with E-state index >= 15 is 0 Å². The summed E-state index contributed by atoms with van der Waals surface area (Å²) < 4.78 is 5.75. The maximum absolute atomic E-state index is 10.3. The van der Waals surface area contributed by atoms with Crippen LogP contribution in [0.3, 0.4) is 0 Å². The van der Waals surface area contributed by atoms with Crippen LogP contribution >= 0.6 is 12.4 Å². The molecule has 4 nitrogen and oxygen atoms in total. The Morgan fingerprint density at radius 1 is 0.885 bits per heavy atom. The van der Waals surface area contributed by atoms with E-state index in [-0.39, 0.29) is 25.6 Å². The molecular weight excluding hydrogens is 350 g/mol. The molecule has 0 amide bonds. The molecule has 0 heterocycles. The van der Waals surface area contributed by atoms with Crippen LogP contribution in [0.4, 0.5) is 5.69 Å². The molecule has 0 bridgehead atoms. The van der Waals surface area contributed by atoms with E-state index < -0.39 is 6.10 Å². The molecule has 138 valence electrons. The second-order valence-corrected chi connectivity index (χ2v) is 5.98. The summed E-state index contributed by atoms with van der Waals surface area (Å²) in [4.78, 5) is 1.95. The molecule has 0 aliphatic rings. The molecule has 26 heavy (non-hydrogen) atoms. The van der Waals surface area contributed by atoms with E-state index in [2.05, 4.69) is 6.07 Å². The fraction of sp³-hybridized carbons (Fsp3) is 0.238. The minimum Gasteiger partial charge on any atom is -0.491 e. The number of aliphatic hydroxyl groups is 2. The van der Waals surface area contributed by atoms with Crippen molar-refractivity contribution in [2.45, 2.75) is 6.10 Å². The Hall–Kier alpha value is -2.27. The second-order valence-electron chi connectivity index (χ2n) is 5.98. The van der Waals surface area contributed by atoms with Gasteiger partial charge in [-0.15, -0.1) is 12.4 Å². The maximum Gasteiger partial charge on any atom is 0.120 e. The Morgan fingerprint density at radius 2 is 1.58 bits per heavy atom. The number of hydrogen-bond acceptors (Lipinski definition) is 4. The van der Waals surface area contributed by atoms with Crippen molar-refractivity contribution in [2.24, 2.45) is 0 Å². The van der Waals surface area contributed by atoms with Crippen molar-refractivity contribution in [2.75, 3.05) is 31.2 Å². The highest BCUT2D eigenvalue weighted by molar-refractivity contribution is 5.85. The highest BCUT2D eigenvalue weighted by atomic mass is 35.5. The van der Waals surface area contributed by atoms with Crippen molar-refractivity contribution < 1.29 is 14.9 Å². The van der Waals surface area contributed by atoms with Crippen LogP contribution in [0.5, 0.6) is 5.75 Å². The third kappa shape index (κ3) is 5.36. The Kier molecular flexibility index (Phi) is 7.73. The topological polar surface area (TPSA) is 52.9 Å². The number of nitrogens with zero attached hydrogens (tertiary/aromatic N) is 1. The molecular formula is C21H24ClNO3. The van der Waals surface area contributed by atoms with Crippen molar-refractivity contribution >= 4 is 28.9 Å². The van der Waals surface area contributed by atoms with Crippen LogP contribution in [0.15, 0.2) is 72.8 Å². The van der Waals surface area contributed by atoms with Crippen molar-refractivity contribution in [1.82, 2.24) is 0 Å². The molecule has 3 aromatic carbocycles. The Morgan fingerprint density at radius 3 is 2.31 bits per heavy atom. The van der Waals surface area contributed by atoms with Crippen LogP contribution in [0.2, 0.25) is 0 Å². The summed E-state index contributed by atoms with van der Waals surface area (Å²) in [5.74, 6) is 0.742. The molecule has 3 aromatic rings. The van der Waals surface area contributed by atoms with Gasteiger partial charge in [0.2, 0.25) is 0 Å². The number of anilines is 1. The molecule has 1 unspecified atom stereocenters. The SMILES string of the molecule is Cl.OCCN(CC(O)COc1ccc2ccccc2c1)c1ccccc1. The first-order valence-corrected chi connectivity index (χ1v) is 8.47. The van der Waals surface area contributed by atoms with Gasteiger partial charge in [0.1, 0.15) is 18.5 Å². The van der Waals surface area contributed by atoms with Gasteiger partial charge < -0.3 is 19.8 Å². The number of halogens is 1. The molecule has 0 aliphatic carbocycles. The van der Waals surface area contributed by atoms with Crippen LogP contribution < -0.4 is 9.64 Å². The molecule has 0 fully saturated rings. The molecule has 0 radical (unpaired) electrons. The Bertz CT molecular complexity index is 797. The van der Waals surface area contributed by atoms with Gasteiger partial charge in [0, 0.05) is 18.8 Å². The molecule has 0 saturated heterocycles. The zero-order valence-electron chi connectivity index (χ0n) is 14.5.